The molecule has 9 heteroatoms. The van der Waals surface area contributed by atoms with Crippen LogP contribution in [0.5, 0.6) is 0 Å². The molecule has 0 bridgehead atoms. The monoisotopic (exact) mass is 253 g/mol. The van der Waals surface area contributed by atoms with Crippen LogP contribution >= 0.6 is 0 Å². The molecule has 1 aromatic rings. The van der Waals surface area contributed by atoms with E-state index in [1.165, 1.54) is 6.33 Å². The molecule has 0 saturated heterocycles. The SMILES string of the molecule is CS(=O)(=O)CCNS(=O)(=O)c1cnc[nH]1. The van der Waals surface area contributed by atoms with Gasteiger partial charge >= 0.3 is 0 Å². The summed E-state index contributed by atoms with van der Waals surface area (Å²) < 4.78 is 46.4. The summed E-state index contributed by atoms with van der Waals surface area (Å²) >= 11 is 0. The van der Waals surface area contributed by atoms with Crippen molar-refractivity contribution in [2.45, 2.75) is 5.03 Å². The first-order valence-electron chi connectivity index (χ1n) is 3.97. The van der Waals surface area contributed by atoms with Gasteiger partial charge in [-0.3, -0.25) is 0 Å². The van der Waals surface area contributed by atoms with Crippen LogP contribution in [-0.4, -0.2) is 45.4 Å². The Bertz CT molecular complexity index is 503. The summed E-state index contributed by atoms with van der Waals surface area (Å²) in [6.07, 6.45) is 3.41. The number of sulfonamides is 1. The zero-order valence-electron chi connectivity index (χ0n) is 7.97. The summed E-state index contributed by atoms with van der Waals surface area (Å²) in [5.74, 6) is -0.236. The van der Waals surface area contributed by atoms with Gasteiger partial charge in [0.15, 0.2) is 5.03 Å². The molecule has 1 rings (SSSR count). The molecule has 86 valence electrons. The van der Waals surface area contributed by atoms with Gasteiger partial charge in [-0.05, 0) is 0 Å². The Morgan fingerprint density at radius 3 is 2.53 bits per heavy atom. The lowest BCUT2D eigenvalue weighted by Gasteiger charge is -2.02. The van der Waals surface area contributed by atoms with Gasteiger partial charge in [0.05, 0.1) is 18.3 Å². The first kappa shape index (κ1) is 12.1. The molecule has 0 radical (unpaired) electrons. The Morgan fingerprint density at radius 2 is 2.07 bits per heavy atom. The third kappa shape index (κ3) is 3.98. The third-order valence-electron chi connectivity index (χ3n) is 1.53. The van der Waals surface area contributed by atoms with Crippen molar-refractivity contribution >= 4 is 19.9 Å². The molecule has 0 aliphatic carbocycles. The third-order valence-corrected chi connectivity index (χ3v) is 3.86. The number of aromatic nitrogens is 2. The lowest BCUT2D eigenvalue weighted by molar-refractivity contribution is 0.579. The van der Waals surface area contributed by atoms with Crippen molar-refractivity contribution in [1.82, 2.24) is 14.7 Å². The Morgan fingerprint density at radius 1 is 1.40 bits per heavy atom. The minimum Gasteiger partial charge on any atom is -0.335 e. The van der Waals surface area contributed by atoms with Crippen molar-refractivity contribution in [2.75, 3.05) is 18.6 Å². The molecule has 0 aliphatic heterocycles. The van der Waals surface area contributed by atoms with Crippen LogP contribution in [0.15, 0.2) is 17.6 Å². The van der Waals surface area contributed by atoms with Crippen molar-refractivity contribution < 1.29 is 16.8 Å². The van der Waals surface area contributed by atoms with E-state index in [-0.39, 0.29) is 17.3 Å². The highest BCUT2D eigenvalue weighted by Gasteiger charge is 2.15. The van der Waals surface area contributed by atoms with E-state index in [1.54, 1.807) is 0 Å². The number of sulfone groups is 1. The first-order valence-corrected chi connectivity index (χ1v) is 7.51. The highest BCUT2D eigenvalue weighted by molar-refractivity contribution is 7.91. The van der Waals surface area contributed by atoms with E-state index in [0.29, 0.717) is 0 Å². The molecule has 15 heavy (non-hydrogen) atoms. The number of rotatable bonds is 5. The van der Waals surface area contributed by atoms with Crippen LogP contribution in [0.25, 0.3) is 0 Å². The van der Waals surface area contributed by atoms with E-state index < -0.39 is 19.9 Å². The second kappa shape index (κ2) is 4.29. The predicted molar refractivity (Wildman–Crippen MR) is 53.5 cm³/mol. The van der Waals surface area contributed by atoms with Gasteiger partial charge in [-0.2, -0.15) is 0 Å². The lowest BCUT2D eigenvalue weighted by Crippen LogP contribution is -2.29. The van der Waals surface area contributed by atoms with Crippen LogP contribution in [0.4, 0.5) is 0 Å². The van der Waals surface area contributed by atoms with Crippen molar-refractivity contribution in [3.63, 3.8) is 0 Å². The van der Waals surface area contributed by atoms with Gasteiger partial charge < -0.3 is 4.98 Å². The van der Waals surface area contributed by atoms with Gasteiger partial charge in [0.25, 0.3) is 10.0 Å². The van der Waals surface area contributed by atoms with E-state index >= 15 is 0 Å². The number of imidazole rings is 1. The summed E-state index contributed by atoms with van der Waals surface area (Å²) in [6.45, 7) is -0.153. The fraction of sp³-hybridized carbons (Fsp3) is 0.500. The zero-order valence-corrected chi connectivity index (χ0v) is 9.60. The lowest BCUT2D eigenvalue weighted by atomic mass is 10.8. The first-order chi connectivity index (χ1) is 6.81. The maximum atomic E-state index is 11.4. The number of hydrogen-bond donors (Lipinski definition) is 2. The number of nitrogens with zero attached hydrogens (tertiary/aromatic N) is 1. The number of hydrogen-bond acceptors (Lipinski definition) is 5. The predicted octanol–water partition coefficient (Wildman–Crippen LogP) is -1.27. The average molecular weight is 253 g/mol. The molecule has 2 N–H and O–H groups in total. The fourth-order valence-electron chi connectivity index (χ4n) is 0.829. The van der Waals surface area contributed by atoms with Gasteiger partial charge in [-0.25, -0.2) is 26.5 Å². The molecule has 7 nitrogen and oxygen atoms in total. The Labute approximate surface area is 87.9 Å². The molecule has 0 aromatic carbocycles. The standard InChI is InChI=1S/C6H11N3O4S2/c1-14(10,11)3-2-9-15(12,13)6-4-7-5-8-6/h4-5,9H,2-3H2,1H3,(H,7,8). The Balaban J connectivity index is 2.60. The molecular formula is C6H11N3O4S2. The molecule has 0 unspecified atom stereocenters. The van der Waals surface area contributed by atoms with Crippen LogP contribution < -0.4 is 4.72 Å². The van der Waals surface area contributed by atoms with Crippen molar-refractivity contribution in [1.29, 1.82) is 0 Å². The molecule has 0 spiro atoms. The summed E-state index contributed by atoms with van der Waals surface area (Å²) in [4.78, 5) is 5.97. The topological polar surface area (TPSA) is 109 Å². The van der Waals surface area contributed by atoms with Gasteiger partial charge in [-0.1, -0.05) is 0 Å². The second-order valence-electron chi connectivity index (χ2n) is 2.94. The normalized spacial score (nSPS) is 12.9. The quantitative estimate of drug-likeness (QED) is 0.680. The van der Waals surface area contributed by atoms with E-state index in [0.717, 1.165) is 12.5 Å². The van der Waals surface area contributed by atoms with Crippen LogP contribution in [0.1, 0.15) is 0 Å². The minimum absolute atomic E-state index is 0.0870. The largest absolute Gasteiger partial charge is 0.335 e. The van der Waals surface area contributed by atoms with Gasteiger partial charge in [0.2, 0.25) is 0 Å². The Kier molecular flexibility index (Phi) is 3.47. The minimum atomic E-state index is -3.67. The molecule has 1 heterocycles. The molecule has 0 atom stereocenters. The van der Waals surface area contributed by atoms with Crippen LogP contribution in [0.3, 0.4) is 0 Å². The zero-order chi connectivity index (χ0) is 11.5. The van der Waals surface area contributed by atoms with Crippen LogP contribution in [0.2, 0.25) is 0 Å². The van der Waals surface area contributed by atoms with Gasteiger partial charge in [0, 0.05) is 12.8 Å². The Hall–Kier alpha value is -0.930. The molecule has 1 aromatic heterocycles. The fourth-order valence-corrected chi connectivity index (χ4v) is 2.37. The van der Waals surface area contributed by atoms with E-state index in [1.807, 2.05) is 0 Å². The number of aromatic amines is 1. The summed E-state index contributed by atoms with van der Waals surface area (Å²) in [5.41, 5.74) is 0. The smallest absolute Gasteiger partial charge is 0.257 e. The van der Waals surface area contributed by atoms with Crippen molar-refractivity contribution in [3.8, 4) is 0 Å². The number of nitrogens with one attached hydrogen (secondary N) is 2. The van der Waals surface area contributed by atoms with Gasteiger partial charge in [-0.15, -0.1) is 0 Å². The van der Waals surface area contributed by atoms with Crippen LogP contribution in [-0.2, 0) is 19.9 Å². The maximum Gasteiger partial charge on any atom is 0.257 e. The van der Waals surface area contributed by atoms with E-state index in [2.05, 4.69) is 14.7 Å². The molecular weight excluding hydrogens is 242 g/mol. The summed E-state index contributed by atoms with van der Waals surface area (Å²) in [6, 6.07) is 0. The molecule has 0 aliphatic rings. The number of H-pyrrole nitrogens is 1. The second-order valence-corrected chi connectivity index (χ2v) is 6.94. The molecule has 0 fully saturated rings. The van der Waals surface area contributed by atoms with E-state index in [9.17, 15) is 16.8 Å². The maximum absolute atomic E-state index is 11.4. The highest BCUT2D eigenvalue weighted by Crippen LogP contribution is 2.00. The van der Waals surface area contributed by atoms with Gasteiger partial charge in [0.1, 0.15) is 9.84 Å². The van der Waals surface area contributed by atoms with Crippen molar-refractivity contribution in [2.24, 2.45) is 0 Å². The summed E-state index contributed by atoms with van der Waals surface area (Å²) in [5, 5.41) is -0.0870. The summed E-state index contributed by atoms with van der Waals surface area (Å²) in [7, 11) is -6.84. The van der Waals surface area contributed by atoms with E-state index in [4.69, 9.17) is 0 Å². The molecule has 0 amide bonds. The average Bonchev–Trinajstić information content (AvgIpc) is 2.52. The molecule has 0 saturated carbocycles. The van der Waals surface area contributed by atoms with Crippen LogP contribution in [0, 0.1) is 0 Å². The van der Waals surface area contributed by atoms with Crippen molar-refractivity contribution in [3.05, 3.63) is 12.5 Å². The highest BCUT2D eigenvalue weighted by atomic mass is 32.2.